The zero-order valence-corrected chi connectivity index (χ0v) is 22.0. The van der Waals surface area contributed by atoms with Crippen LogP contribution in [0, 0.1) is 11.8 Å². The Morgan fingerprint density at radius 2 is 2.03 bits per heavy atom. The normalized spacial score (nSPS) is 26.3. The van der Waals surface area contributed by atoms with Crippen molar-refractivity contribution in [3.8, 4) is 11.5 Å². The zero-order valence-electron chi connectivity index (χ0n) is 22.0. The van der Waals surface area contributed by atoms with Crippen LogP contribution in [0.1, 0.15) is 70.2 Å². The van der Waals surface area contributed by atoms with E-state index in [-0.39, 0.29) is 42.1 Å². The second kappa shape index (κ2) is 9.04. The van der Waals surface area contributed by atoms with Crippen molar-refractivity contribution in [2.45, 2.75) is 70.2 Å². The molecule has 0 saturated heterocycles. The second-order valence-corrected chi connectivity index (χ2v) is 11.5. The minimum absolute atomic E-state index is 0.0567. The number of carbonyl (C=O) groups is 2. The number of fused-ring (bicyclic) bond motifs is 1. The third-order valence-electron chi connectivity index (χ3n) is 7.40. The summed E-state index contributed by atoms with van der Waals surface area (Å²) in [5, 5.41) is 3.26. The number of aliphatic imine (C=N–C) groups is 1. The summed E-state index contributed by atoms with van der Waals surface area (Å²) in [5.74, 6) is 1.06. The Bertz CT molecular complexity index is 1240. The van der Waals surface area contributed by atoms with Crippen LogP contribution in [-0.4, -0.2) is 45.9 Å². The van der Waals surface area contributed by atoms with Crippen molar-refractivity contribution in [1.82, 2.24) is 15.2 Å². The lowest BCUT2D eigenvalue weighted by Gasteiger charge is -2.39. The van der Waals surface area contributed by atoms with Crippen LogP contribution in [0.15, 0.2) is 47.7 Å². The van der Waals surface area contributed by atoms with Crippen LogP contribution in [0.2, 0.25) is 0 Å². The lowest BCUT2D eigenvalue weighted by atomic mass is 9.89. The molecule has 9 nitrogen and oxygen atoms in total. The Balaban J connectivity index is 1.41. The average molecular weight is 506 g/mol. The Labute approximate surface area is 217 Å². The van der Waals surface area contributed by atoms with E-state index in [2.05, 4.69) is 15.3 Å². The Hall–Kier alpha value is -3.62. The van der Waals surface area contributed by atoms with E-state index in [1.807, 2.05) is 58.0 Å². The lowest BCUT2D eigenvalue weighted by molar-refractivity contribution is -0.132. The number of ether oxygens (including phenoxy) is 2. The fourth-order valence-electron chi connectivity index (χ4n) is 5.76. The van der Waals surface area contributed by atoms with Gasteiger partial charge in [-0.3, -0.25) is 19.5 Å². The summed E-state index contributed by atoms with van der Waals surface area (Å²) >= 11 is 0. The molecule has 1 saturated carbocycles. The van der Waals surface area contributed by atoms with E-state index in [1.54, 1.807) is 24.4 Å². The van der Waals surface area contributed by atoms with Crippen molar-refractivity contribution in [2.24, 2.45) is 22.6 Å². The quantitative estimate of drug-likeness (QED) is 0.620. The van der Waals surface area contributed by atoms with Gasteiger partial charge in [0.05, 0.1) is 36.7 Å². The first-order valence-electron chi connectivity index (χ1n) is 12.7. The van der Waals surface area contributed by atoms with Crippen LogP contribution in [0.25, 0.3) is 0 Å². The number of pyridine rings is 1. The van der Waals surface area contributed by atoms with Crippen LogP contribution in [0.3, 0.4) is 0 Å². The fourth-order valence-corrected chi connectivity index (χ4v) is 5.76. The summed E-state index contributed by atoms with van der Waals surface area (Å²) in [7, 11) is 1.62. The van der Waals surface area contributed by atoms with Crippen LogP contribution < -0.4 is 20.5 Å². The van der Waals surface area contributed by atoms with Gasteiger partial charge in [0.1, 0.15) is 17.1 Å². The van der Waals surface area contributed by atoms with Gasteiger partial charge >= 0.3 is 0 Å². The third-order valence-corrected chi connectivity index (χ3v) is 7.40. The maximum absolute atomic E-state index is 13.6. The first-order chi connectivity index (χ1) is 17.5. The number of benzene rings is 1. The molecular weight excluding hydrogens is 470 g/mol. The highest BCUT2D eigenvalue weighted by atomic mass is 16.5. The number of guanidine groups is 1. The van der Waals surface area contributed by atoms with Gasteiger partial charge < -0.3 is 20.5 Å². The van der Waals surface area contributed by atoms with E-state index in [4.69, 9.17) is 15.2 Å². The second-order valence-electron chi connectivity index (χ2n) is 11.5. The summed E-state index contributed by atoms with van der Waals surface area (Å²) in [6.07, 6.45) is 4.92. The standard InChI is InChI=1S/C28H35N5O4/c1-27(2)14-22(34)33(26(29)32-27)24(16-8-7-11-30-15-16)17-12-18(17)25(35)31-19-13-28(3,4)37-21-10-6-9-20(36-5)23(19)21/h6-11,15,17-19,24H,12-14H2,1-5H3,(H2,29,32)(H,31,35). The van der Waals surface area contributed by atoms with Crippen molar-refractivity contribution in [3.63, 3.8) is 0 Å². The van der Waals surface area contributed by atoms with E-state index >= 15 is 0 Å². The van der Waals surface area contributed by atoms with E-state index in [0.29, 0.717) is 24.3 Å². The molecule has 9 heteroatoms. The lowest BCUT2D eigenvalue weighted by Crippen LogP contribution is -2.52. The highest BCUT2D eigenvalue weighted by molar-refractivity contribution is 5.99. The van der Waals surface area contributed by atoms with Crippen LogP contribution in [0.4, 0.5) is 0 Å². The summed E-state index contributed by atoms with van der Waals surface area (Å²) in [4.78, 5) is 37.3. The van der Waals surface area contributed by atoms with Gasteiger partial charge in [-0.05, 0) is 63.8 Å². The predicted molar refractivity (Wildman–Crippen MR) is 139 cm³/mol. The van der Waals surface area contributed by atoms with Crippen molar-refractivity contribution >= 4 is 17.8 Å². The summed E-state index contributed by atoms with van der Waals surface area (Å²) in [6.45, 7) is 7.81. The minimum atomic E-state index is -0.556. The van der Waals surface area contributed by atoms with Gasteiger partial charge in [0.2, 0.25) is 11.8 Å². The number of nitrogens with one attached hydrogen (secondary N) is 1. The molecule has 1 aromatic heterocycles. The van der Waals surface area contributed by atoms with Crippen LogP contribution >= 0.6 is 0 Å². The van der Waals surface area contributed by atoms with Crippen molar-refractivity contribution in [3.05, 3.63) is 53.9 Å². The minimum Gasteiger partial charge on any atom is -0.496 e. The molecule has 2 aromatic rings. The molecule has 1 fully saturated rings. The summed E-state index contributed by atoms with van der Waals surface area (Å²) in [5.41, 5.74) is 7.03. The van der Waals surface area contributed by atoms with Crippen molar-refractivity contribution < 1.29 is 19.1 Å². The maximum atomic E-state index is 13.6. The van der Waals surface area contributed by atoms with Gasteiger partial charge in [0, 0.05) is 24.7 Å². The molecule has 3 heterocycles. The molecule has 0 radical (unpaired) electrons. The van der Waals surface area contributed by atoms with Gasteiger partial charge in [0.25, 0.3) is 0 Å². The predicted octanol–water partition coefficient (Wildman–Crippen LogP) is 3.51. The number of hydrogen-bond acceptors (Lipinski definition) is 7. The number of aromatic nitrogens is 1. The largest absolute Gasteiger partial charge is 0.496 e. The van der Waals surface area contributed by atoms with Crippen molar-refractivity contribution in [1.29, 1.82) is 0 Å². The zero-order chi connectivity index (χ0) is 26.5. The number of nitrogens with zero attached hydrogens (tertiary/aromatic N) is 3. The van der Waals surface area contributed by atoms with Gasteiger partial charge in [-0.25, -0.2) is 4.99 Å². The molecule has 1 aliphatic carbocycles. The van der Waals surface area contributed by atoms with Crippen LogP contribution in [0.5, 0.6) is 11.5 Å². The fraction of sp³-hybridized carbons (Fsp3) is 0.500. The highest BCUT2D eigenvalue weighted by Gasteiger charge is 2.53. The monoisotopic (exact) mass is 505 g/mol. The number of methoxy groups -OCH3 is 1. The molecule has 4 atom stereocenters. The Morgan fingerprint density at radius 3 is 2.70 bits per heavy atom. The molecule has 0 spiro atoms. The summed E-state index contributed by atoms with van der Waals surface area (Å²) in [6, 6.07) is 8.75. The van der Waals surface area contributed by atoms with Gasteiger partial charge in [-0.1, -0.05) is 12.1 Å². The number of nitrogens with two attached hydrogens (primary N) is 1. The number of amides is 2. The summed E-state index contributed by atoms with van der Waals surface area (Å²) < 4.78 is 11.8. The Kier molecular flexibility index (Phi) is 6.12. The number of rotatable bonds is 6. The van der Waals surface area contributed by atoms with E-state index in [0.717, 1.165) is 11.1 Å². The molecule has 196 valence electrons. The molecular formula is C28H35N5O4. The van der Waals surface area contributed by atoms with E-state index in [9.17, 15) is 9.59 Å². The van der Waals surface area contributed by atoms with Gasteiger partial charge in [-0.2, -0.15) is 0 Å². The average Bonchev–Trinajstić information content (AvgIpc) is 3.60. The molecule has 1 aromatic carbocycles. The highest BCUT2D eigenvalue weighted by Crippen LogP contribution is 2.52. The smallest absolute Gasteiger partial charge is 0.232 e. The van der Waals surface area contributed by atoms with Gasteiger partial charge in [0.15, 0.2) is 5.96 Å². The first-order valence-corrected chi connectivity index (χ1v) is 12.7. The molecule has 2 amide bonds. The Morgan fingerprint density at radius 1 is 1.24 bits per heavy atom. The van der Waals surface area contributed by atoms with E-state index in [1.165, 1.54) is 0 Å². The van der Waals surface area contributed by atoms with E-state index < -0.39 is 17.2 Å². The molecule has 3 N–H and O–H groups in total. The number of hydrogen-bond donors (Lipinski definition) is 2. The number of carbonyl (C=O) groups excluding carboxylic acids is 2. The third kappa shape index (κ3) is 4.86. The van der Waals surface area contributed by atoms with Crippen molar-refractivity contribution in [2.75, 3.05) is 7.11 Å². The molecule has 37 heavy (non-hydrogen) atoms. The van der Waals surface area contributed by atoms with Crippen LogP contribution in [-0.2, 0) is 9.59 Å². The SMILES string of the molecule is COc1cccc2c1C(NC(=O)C1CC1C(c1cccnc1)N1C(=O)CC(C)(C)N=C1N)CC(C)(C)O2. The van der Waals surface area contributed by atoms with Gasteiger partial charge in [-0.15, -0.1) is 0 Å². The molecule has 2 aliphatic heterocycles. The first kappa shape index (κ1) is 25.0. The molecule has 5 rings (SSSR count). The molecule has 3 aliphatic rings. The maximum Gasteiger partial charge on any atom is 0.232 e. The molecule has 0 bridgehead atoms. The molecule has 4 unspecified atom stereocenters. The topological polar surface area (TPSA) is 119 Å².